The van der Waals surface area contributed by atoms with Crippen LogP contribution in [0.4, 0.5) is 33.6 Å². The quantitative estimate of drug-likeness (QED) is 0.261. The molecule has 5 rings (SSSR count). The maximum atomic E-state index is 13.7. The molecule has 1 aliphatic rings. The van der Waals surface area contributed by atoms with Crippen molar-refractivity contribution in [1.29, 1.82) is 0 Å². The standard InChI is InChI=1S/C24H21ClF5N9O3/c1-21(2,20(41)42)39-9-13(35-37-39)22(3)14-16(31)32-18(33-17(14)34-19(22)40)15-11-5-4-10(25)8-12(11)38(36-15)7-6-23(26,27)24(28,29)30/h4-5,8-9H,6-7H2,1-3H3,(H,41,42)(H3,31,32,33,34,40)/t22-/m0/s1. The van der Waals surface area contributed by atoms with E-state index in [0.29, 0.717) is 0 Å². The van der Waals surface area contributed by atoms with Crippen molar-refractivity contribution in [3.63, 3.8) is 0 Å². The third-order valence-corrected chi connectivity index (χ3v) is 7.44. The van der Waals surface area contributed by atoms with Crippen LogP contribution in [0.25, 0.3) is 22.4 Å². The predicted octanol–water partition coefficient (Wildman–Crippen LogP) is 3.99. The minimum absolute atomic E-state index is 0.0107. The number of aliphatic carboxylic acids is 1. The first kappa shape index (κ1) is 29.1. The van der Waals surface area contributed by atoms with Crippen LogP contribution in [-0.2, 0) is 27.1 Å². The van der Waals surface area contributed by atoms with Crippen LogP contribution in [0.1, 0.15) is 38.4 Å². The Morgan fingerprint density at radius 1 is 1.19 bits per heavy atom. The van der Waals surface area contributed by atoms with Crippen molar-refractivity contribution < 1.29 is 36.6 Å². The van der Waals surface area contributed by atoms with E-state index in [9.17, 15) is 36.6 Å². The number of carboxylic acid groups (broad SMARTS) is 1. The van der Waals surface area contributed by atoms with Gasteiger partial charge in [-0.1, -0.05) is 16.8 Å². The summed E-state index contributed by atoms with van der Waals surface area (Å²) in [5.41, 5.74) is 3.54. The molecule has 1 atom stereocenters. The summed E-state index contributed by atoms with van der Waals surface area (Å²) >= 11 is 6.05. The number of alkyl halides is 5. The van der Waals surface area contributed by atoms with E-state index >= 15 is 0 Å². The number of rotatable bonds is 7. The van der Waals surface area contributed by atoms with Crippen LogP contribution >= 0.6 is 11.6 Å². The summed E-state index contributed by atoms with van der Waals surface area (Å²) in [4.78, 5) is 33.5. The van der Waals surface area contributed by atoms with Crippen molar-refractivity contribution in [1.82, 2.24) is 34.7 Å². The van der Waals surface area contributed by atoms with Gasteiger partial charge in [0.25, 0.3) is 0 Å². The summed E-state index contributed by atoms with van der Waals surface area (Å²) in [6.45, 7) is 3.44. The van der Waals surface area contributed by atoms with Crippen LogP contribution in [0.5, 0.6) is 0 Å². The van der Waals surface area contributed by atoms with Gasteiger partial charge in [0, 0.05) is 23.4 Å². The Hall–Kier alpha value is -4.41. The molecule has 12 nitrogen and oxygen atoms in total. The van der Waals surface area contributed by atoms with Gasteiger partial charge in [0.15, 0.2) is 11.4 Å². The molecule has 3 aromatic heterocycles. The fourth-order valence-electron chi connectivity index (χ4n) is 4.49. The van der Waals surface area contributed by atoms with Gasteiger partial charge in [-0.3, -0.25) is 9.48 Å². The molecule has 222 valence electrons. The number of nitrogens with zero attached hydrogens (tertiary/aromatic N) is 7. The van der Waals surface area contributed by atoms with E-state index in [0.717, 1.165) is 9.36 Å². The van der Waals surface area contributed by atoms with Gasteiger partial charge in [0.1, 0.15) is 28.4 Å². The summed E-state index contributed by atoms with van der Waals surface area (Å²) in [7, 11) is 0. The highest BCUT2D eigenvalue weighted by Gasteiger charge is 2.57. The minimum atomic E-state index is -5.74. The van der Waals surface area contributed by atoms with Crippen LogP contribution in [-0.4, -0.2) is 63.8 Å². The van der Waals surface area contributed by atoms with Gasteiger partial charge in [-0.25, -0.2) is 19.4 Å². The van der Waals surface area contributed by atoms with Gasteiger partial charge >= 0.3 is 18.1 Å². The van der Waals surface area contributed by atoms with Crippen LogP contribution in [0.15, 0.2) is 24.4 Å². The van der Waals surface area contributed by atoms with Crippen molar-refractivity contribution in [3.8, 4) is 11.5 Å². The van der Waals surface area contributed by atoms with E-state index in [1.165, 1.54) is 45.2 Å². The first-order valence-corrected chi connectivity index (χ1v) is 12.5. The fraction of sp³-hybridized carbons (Fsp3) is 0.375. The molecule has 1 aromatic carbocycles. The number of benzene rings is 1. The van der Waals surface area contributed by atoms with E-state index < -0.39 is 47.9 Å². The lowest BCUT2D eigenvalue weighted by molar-refractivity contribution is -0.285. The lowest BCUT2D eigenvalue weighted by Gasteiger charge is -2.21. The third kappa shape index (κ3) is 4.38. The van der Waals surface area contributed by atoms with Gasteiger partial charge in [-0.05, 0) is 39.0 Å². The highest BCUT2D eigenvalue weighted by molar-refractivity contribution is 6.31. The van der Waals surface area contributed by atoms with E-state index in [-0.39, 0.29) is 50.3 Å². The molecule has 0 unspecified atom stereocenters. The average Bonchev–Trinajstić information content (AvgIpc) is 3.58. The molecule has 0 bridgehead atoms. The molecule has 0 spiro atoms. The van der Waals surface area contributed by atoms with Gasteiger partial charge in [0.2, 0.25) is 5.91 Å². The number of hydrogen-bond donors (Lipinski definition) is 3. The number of aryl methyl sites for hydroxylation is 1. The van der Waals surface area contributed by atoms with Crippen molar-refractivity contribution in [2.45, 2.75) is 56.8 Å². The van der Waals surface area contributed by atoms with E-state index in [1.807, 2.05) is 0 Å². The maximum absolute atomic E-state index is 13.7. The van der Waals surface area contributed by atoms with Crippen LogP contribution in [0, 0.1) is 0 Å². The zero-order valence-corrected chi connectivity index (χ0v) is 22.7. The van der Waals surface area contributed by atoms with Gasteiger partial charge < -0.3 is 16.2 Å². The lowest BCUT2D eigenvalue weighted by atomic mass is 9.81. The van der Waals surface area contributed by atoms with Crippen molar-refractivity contribution in [2.75, 3.05) is 11.1 Å². The number of nitrogen functional groups attached to an aromatic ring is 1. The first-order chi connectivity index (χ1) is 19.4. The summed E-state index contributed by atoms with van der Waals surface area (Å²) in [6, 6.07) is 4.27. The molecule has 4 N–H and O–H groups in total. The summed E-state index contributed by atoms with van der Waals surface area (Å²) in [6.07, 6.45) is -6.03. The zero-order chi connectivity index (χ0) is 31.0. The first-order valence-electron chi connectivity index (χ1n) is 12.1. The van der Waals surface area contributed by atoms with Crippen molar-refractivity contribution >= 4 is 46.0 Å². The molecule has 1 aliphatic heterocycles. The van der Waals surface area contributed by atoms with Gasteiger partial charge in [0.05, 0.1) is 17.3 Å². The molecule has 1 amide bonds. The number of halogens is 6. The number of anilines is 2. The van der Waals surface area contributed by atoms with Gasteiger partial charge in [-0.15, -0.1) is 5.10 Å². The Morgan fingerprint density at radius 3 is 2.52 bits per heavy atom. The van der Waals surface area contributed by atoms with E-state index in [2.05, 4.69) is 30.7 Å². The Bertz CT molecular complexity index is 1770. The summed E-state index contributed by atoms with van der Waals surface area (Å²) < 4.78 is 67.7. The molecular weight excluding hydrogens is 593 g/mol. The zero-order valence-electron chi connectivity index (χ0n) is 22.0. The van der Waals surface area contributed by atoms with E-state index in [1.54, 1.807) is 0 Å². The monoisotopic (exact) mass is 613 g/mol. The number of fused-ring (bicyclic) bond motifs is 2. The number of carbonyl (C=O) groups is 2. The molecule has 4 heterocycles. The molecule has 0 aliphatic carbocycles. The van der Waals surface area contributed by atoms with E-state index in [4.69, 9.17) is 17.3 Å². The molecular formula is C24H21ClF5N9O3. The van der Waals surface area contributed by atoms with Crippen LogP contribution < -0.4 is 11.1 Å². The Kier molecular flexibility index (Phi) is 6.44. The van der Waals surface area contributed by atoms with Crippen molar-refractivity contribution in [3.05, 3.63) is 40.7 Å². The summed E-state index contributed by atoms with van der Waals surface area (Å²) in [5, 5.41) is 24.6. The molecule has 0 radical (unpaired) electrons. The van der Waals surface area contributed by atoms with Crippen LogP contribution in [0.2, 0.25) is 5.02 Å². The highest BCUT2D eigenvalue weighted by atomic mass is 35.5. The second-order valence-electron chi connectivity index (χ2n) is 10.3. The number of carbonyl (C=O) groups excluding carboxylic acids is 1. The molecule has 4 aromatic rings. The lowest BCUT2D eigenvalue weighted by Crippen LogP contribution is -2.37. The molecule has 0 saturated heterocycles. The Balaban J connectivity index is 1.58. The Morgan fingerprint density at radius 2 is 1.88 bits per heavy atom. The predicted molar refractivity (Wildman–Crippen MR) is 138 cm³/mol. The second-order valence-corrected chi connectivity index (χ2v) is 10.8. The minimum Gasteiger partial charge on any atom is -0.479 e. The molecule has 18 heteroatoms. The topological polar surface area (TPSA) is 167 Å². The number of carboxylic acids is 1. The number of hydrogen-bond acceptors (Lipinski definition) is 8. The second kappa shape index (κ2) is 9.30. The number of nitrogens with one attached hydrogen (secondary N) is 1. The molecule has 42 heavy (non-hydrogen) atoms. The molecule has 0 fully saturated rings. The largest absolute Gasteiger partial charge is 0.479 e. The SMILES string of the molecule is CC(C)(C(=O)O)n1cc([C@]2(C)C(=O)Nc3nc(-c4nn(CCC(F)(F)C(F)(F)F)c5cc(Cl)ccc45)nc(N)c32)nn1. The number of nitrogens with two attached hydrogens (primary N) is 1. The Labute approximate surface area is 237 Å². The maximum Gasteiger partial charge on any atom is 0.453 e. The number of amides is 1. The average molecular weight is 614 g/mol. The smallest absolute Gasteiger partial charge is 0.453 e. The summed E-state index contributed by atoms with van der Waals surface area (Å²) in [5.74, 6) is -7.15. The molecule has 0 saturated carbocycles. The fourth-order valence-corrected chi connectivity index (χ4v) is 4.66. The van der Waals surface area contributed by atoms with Gasteiger partial charge in [-0.2, -0.15) is 27.1 Å². The normalized spacial score (nSPS) is 17.5. The third-order valence-electron chi connectivity index (χ3n) is 7.20. The number of aromatic nitrogens is 7. The highest BCUT2D eigenvalue weighted by Crippen LogP contribution is 2.45. The van der Waals surface area contributed by atoms with Crippen LogP contribution in [0.3, 0.4) is 0 Å². The van der Waals surface area contributed by atoms with Crippen molar-refractivity contribution in [2.24, 2.45) is 0 Å².